The third-order valence-corrected chi connectivity index (χ3v) is 3.91. The minimum atomic E-state index is -1.25. The molecule has 0 aliphatic rings. The molecule has 0 atom stereocenters. The molecule has 1 aromatic heterocycles. The molecule has 0 saturated heterocycles. The largest absolute Gasteiger partial charge is 1.00 e. The number of halogens is 1. The molecule has 2 N–H and O–H groups in total. The molecule has 0 radical (unpaired) electrons. The summed E-state index contributed by atoms with van der Waals surface area (Å²) in [7, 11) is 0. The molecule has 7 heteroatoms. The summed E-state index contributed by atoms with van der Waals surface area (Å²) in [5.74, 6) is 0.0646. The maximum absolute atomic E-state index is 11.9. The molecule has 0 aliphatic carbocycles. The molecule has 3 aromatic rings. The van der Waals surface area contributed by atoms with E-state index in [-0.39, 0.29) is 18.2 Å². The van der Waals surface area contributed by atoms with E-state index in [4.69, 9.17) is 0 Å². The van der Waals surface area contributed by atoms with Gasteiger partial charge in [-0.3, -0.25) is 0 Å². The molecule has 25 heavy (non-hydrogen) atoms. The van der Waals surface area contributed by atoms with E-state index >= 15 is 0 Å². The number of imidazole rings is 1. The predicted molar refractivity (Wildman–Crippen MR) is 89.2 cm³/mol. The third-order valence-electron chi connectivity index (χ3n) is 3.91. The van der Waals surface area contributed by atoms with Gasteiger partial charge in [0.25, 0.3) is 0 Å². The summed E-state index contributed by atoms with van der Waals surface area (Å²) >= 11 is 0. The van der Waals surface area contributed by atoms with Gasteiger partial charge in [0, 0.05) is 5.56 Å². The van der Waals surface area contributed by atoms with Crippen LogP contribution in [0.25, 0.3) is 28.5 Å². The molecule has 3 rings (SSSR count). The maximum atomic E-state index is 11.9. The van der Waals surface area contributed by atoms with Crippen LogP contribution in [0.4, 0.5) is 9.59 Å². The smallest absolute Gasteiger partial charge is 0.510 e. The van der Waals surface area contributed by atoms with Gasteiger partial charge in [-0.1, -0.05) is 43.0 Å². The van der Waals surface area contributed by atoms with Crippen LogP contribution in [0.1, 0.15) is 11.1 Å². The zero-order chi connectivity index (χ0) is 17.4. The van der Waals surface area contributed by atoms with E-state index in [2.05, 4.69) is 6.58 Å². The lowest BCUT2D eigenvalue weighted by molar-refractivity contribution is -0.545. The van der Waals surface area contributed by atoms with Crippen molar-refractivity contribution in [3.63, 3.8) is 0 Å². The van der Waals surface area contributed by atoms with Gasteiger partial charge in [0.05, 0.1) is 5.56 Å². The van der Waals surface area contributed by atoms with E-state index < -0.39 is 12.2 Å². The number of para-hydroxylation sites is 1. The highest BCUT2D eigenvalue weighted by Crippen LogP contribution is 2.28. The van der Waals surface area contributed by atoms with E-state index in [0.717, 1.165) is 9.13 Å². The molecule has 0 aliphatic heterocycles. The van der Waals surface area contributed by atoms with Crippen molar-refractivity contribution in [2.75, 3.05) is 0 Å². The van der Waals surface area contributed by atoms with Crippen LogP contribution in [-0.2, 0) is 0 Å². The lowest BCUT2D eigenvalue weighted by Gasteiger charge is -2.03. The summed E-state index contributed by atoms with van der Waals surface area (Å²) in [4.78, 5) is 23.8. The second-order valence-electron chi connectivity index (χ2n) is 5.29. The number of hydrogen-bond acceptors (Lipinski definition) is 2. The van der Waals surface area contributed by atoms with Gasteiger partial charge < -0.3 is 22.6 Å². The van der Waals surface area contributed by atoms with E-state index in [1.54, 1.807) is 55.5 Å². The predicted octanol–water partition coefficient (Wildman–Crippen LogP) is 0.603. The van der Waals surface area contributed by atoms with Crippen LogP contribution in [0.5, 0.6) is 0 Å². The second kappa shape index (κ2) is 6.78. The quantitative estimate of drug-likeness (QED) is 0.657. The Bertz CT molecular complexity index is 1010. The monoisotopic (exact) mass is 358 g/mol. The van der Waals surface area contributed by atoms with Gasteiger partial charge in [-0.25, -0.2) is 0 Å². The number of hydrogen-bond donors (Lipinski definition) is 2. The number of nitrogens with zero attached hydrogens (tertiary/aromatic N) is 2. The normalized spacial score (nSPS) is 10.3. The summed E-state index contributed by atoms with van der Waals surface area (Å²) in [6.45, 7) is 5.47. The first-order valence-corrected chi connectivity index (χ1v) is 7.22. The lowest BCUT2D eigenvalue weighted by atomic mass is 10.1. The number of aromatic nitrogens is 2. The van der Waals surface area contributed by atoms with Crippen LogP contribution in [0.3, 0.4) is 0 Å². The molecule has 0 unspecified atom stereocenters. The highest BCUT2D eigenvalue weighted by Gasteiger charge is 2.36. The summed E-state index contributed by atoms with van der Waals surface area (Å²) in [6.07, 6.45) is -0.930. The average Bonchev–Trinajstić information content (AvgIpc) is 2.91. The first-order chi connectivity index (χ1) is 11.5. The summed E-state index contributed by atoms with van der Waals surface area (Å²) in [5.41, 5.74) is 2.47. The zero-order valence-electron chi connectivity index (χ0n) is 13.3. The standard InChI is InChI=1S/C18H14N2O4.ClH/c1-3-12-8-4-5-9-13(12)16-19(17(21)22)14-10-6-7-11(2)15(14)20(16)18(23)24;/h3-10H,1H2,2H3,(H-,21,22,23,24);1H. The number of benzene rings is 2. The van der Waals surface area contributed by atoms with Crippen molar-refractivity contribution in [2.45, 2.75) is 6.92 Å². The van der Waals surface area contributed by atoms with Crippen LogP contribution in [-0.4, -0.2) is 27.0 Å². The molecule has 0 saturated carbocycles. The first kappa shape index (κ1) is 18.2. The van der Waals surface area contributed by atoms with Gasteiger partial charge in [0.2, 0.25) is 0 Å². The Morgan fingerprint density at radius 3 is 2.40 bits per heavy atom. The zero-order valence-corrected chi connectivity index (χ0v) is 14.1. The van der Waals surface area contributed by atoms with E-state index in [0.29, 0.717) is 27.7 Å². The fraction of sp³-hybridized carbons (Fsp3) is 0.0556. The Morgan fingerprint density at radius 1 is 1.12 bits per heavy atom. The molecule has 0 bridgehead atoms. The molecule has 2 aromatic carbocycles. The second-order valence-corrected chi connectivity index (χ2v) is 5.29. The molecule has 128 valence electrons. The van der Waals surface area contributed by atoms with Gasteiger partial charge in [-0.05, 0) is 24.6 Å². The Kier molecular flexibility index (Phi) is 4.94. The highest BCUT2D eigenvalue weighted by atomic mass is 35.5. The highest BCUT2D eigenvalue weighted by molar-refractivity contribution is 5.92. The number of aryl methyl sites for hydroxylation is 1. The fourth-order valence-electron chi connectivity index (χ4n) is 2.93. The topological polar surface area (TPSA) is 83.4 Å². The van der Waals surface area contributed by atoms with Crippen molar-refractivity contribution in [1.29, 1.82) is 0 Å². The summed E-state index contributed by atoms with van der Waals surface area (Å²) in [6, 6.07) is 12.0. The molecule has 0 fully saturated rings. The van der Waals surface area contributed by atoms with Crippen molar-refractivity contribution in [3.8, 4) is 11.4 Å². The molecule has 6 nitrogen and oxygen atoms in total. The molecular formula is C18H15ClN2O4. The van der Waals surface area contributed by atoms with Crippen LogP contribution < -0.4 is 17.0 Å². The lowest BCUT2D eigenvalue weighted by Crippen LogP contribution is -3.00. The van der Waals surface area contributed by atoms with E-state index in [9.17, 15) is 19.8 Å². The Morgan fingerprint density at radius 2 is 1.80 bits per heavy atom. The van der Waals surface area contributed by atoms with Crippen molar-refractivity contribution < 1.29 is 36.8 Å². The van der Waals surface area contributed by atoms with Crippen molar-refractivity contribution in [3.05, 3.63) is 60.2 Å². The van der Waals surface area contributed by atoms with Crippen molar-refractivity contribution in [2.24, 2.45) is 0 Å². The minimum Gasteiger partial charge on any atom is -1.00 e. The van der Waals surface area contributed by atoms with Gasteiger partial charge in [0.1, 0.15) is 0 Å². The van der Waals surface area contributed by atoms with Gasteiger partial charge >= 0.3 is 18.0 Å². The van der Waals surface area contributed by atoms with Gasteiger partial charge in [-0.2, -0.15) is 9.59 Å². The number of carboxylic acid groups (broad SMARTS) is 2. The van der Waals surface area contributed by atoms with Crippen LogP contribution in [0, 0.1) is 6.92 Å². The van der Waals surface area contributed by atoms with Gasteiger partial charge in [-0.15, -0.1) is 9.13 Å². The summed E-state index contributed by atoms with van der Waals surface area (Å²) < 4.78 is 2.01. The number of rotatable bonds is 2. The minimum absolute atomic E-state index is 0. The molecule has 0 spiro atoms. The third kappa shape index (κ3) is 2.77. The van der Waals surface area contributed by atoms with Crippen molar-refractivity contribution >= 4 is 29.3 Å². The maximum Gasteiger partial charge on any atom is 0.510 e. The Hall–Kier alpha value is -3.12. The van der Waals surface area contributed by atoms with Gasteiger partial charge in [0.15, 0.2) is 11.0 Å². The van der Waals surface area contributed by atoms with Crippen LogP contribution in [0.2, 0.25) is 0 Å². The number of carbonyl (C=O) groups is 2. The van der Waals surface area contributed by atoms with Crippen LogP contribution in [0.15, 0.2) is 49.0 Å². The average molecular weight is 359 g/mol. The van der Waals surface area contributed by atoms with E-state index in [1.807, 2.05) is 0 Å². The number of fused-ring (bicyclic) bond motifs is 1. The Balaban J connectivity index is 0.00000225. The Labute approximate surface area is 149 Å². The molecule has 0 amide bonds. The first-order valence-electron chi connectivity index (χ1n) is 7.22. The fourth-order valence-corrected chi connectivity index (χ4v) is 2.93. The SMILES string of the molecule is C=Cc1ccccc1-c1n(C(=O)O)c2cccc(C)c2[n+]1C(=O)O.[Cl-]. The van der Waals surface area contributed by atoms with Crippen molar-refractivity contribution in [1.82, 2.24) is 4.57 Å². The van der Waals surface area contributed by atoms with Crippen LogP contribution >= 0.6 is 0 Å². The van der Waals surface area contributed by atoms with E-state index in [1.165, 1.54) is 0 Å². The summed E-state index contributed by atoms with van der Waals surface area (Å²) in [5, 5.41) is 19.4. The molecule has 1 heterocycles. The molecular weight excluding hydrogens is 344 g/mol.